The Labute approximate surface area is 132 Å². The molecule has 1 aliphatic rings. The molecule has 1 N–H and O–H groups in total. The number of nitrogens with zero attached hydrogens (tertiary/aromatic N) is 1. The highest BCUT2D eigenvalue weighted by Gasteiger charge is 2.26. The number of fused-ring (bicyclic) bond motifs is 1. The van der Waals surface area contributed by atoms with Gasteiger partial charge < -0.3 is 14.4 Å². The topological polar surface area (TPSA) is 70.8 Å². The molecule has 1 aromatic carbocycles. The van der Waals surface area contributed by atoms with Crippen LogP contribution in [0, 0.1) is 5.82 Å². The van der Waals surface area contributed by atoms with Crippen molar-refractivity contribution in [1.82, 2.24) is 4.90 Å². The number of rotatable bonds is 3. The zero-order valence-electron chi connectivity index (χ0n) is 12.6. The Balaban J connectivity index is 1.86. The summed E-state index contributed by atoms with van der Waals surface area (Å²) in [6, 6.07) is 5.84. The fourth-order valence-corrected chi connectivity index (χ4v) is 2.83. The Morgan fingerprint density at radius 3 is 2.74 bits per heavy atom. The second-order valence-electron chi connectivity index (χ2n) is 5.50. The van der Waals surface area contributed by atoms with E-state index in [1.54, 1.807) is 17.9 Å². The first kappa shape index (κ1) is 15.3. The number of carboxylic acids is 1. The Hall–Kier alpha value is -2.63. The molecule has 23 heavy (non-hydrogen) atoms. The molecule has 120 valence electrons. The molecule has 0 unspecified atom stereocenters. The predicted molar refractivity (Wildman–Crippen MR) is 79.9 cm³/mol. The maximum Gasteiger partial charge on any atom is 0.339 e. The zero-order valence-corrected chi connectivity index (χ0v) is 12.6. The highest BCUT2D eigenvalue weighted by molar-refractivity contribution is 5.96. The molecule has 6 heteroatoms. The first-order valence-electron chi connectivity index (χ1n) is 7.42. The number of benzene rings is 1. The molecule has 3 rings (SSSR count). The van der Waals surface area contributed by atoms with Crippen molar-refractivity contribution < 1.29 is 23.5 Å². The minimum absolute atomic E-state index is 0.0131. The van der Waals surface area contributed by atoms with E-state index in [2.05, 4.69) is 0 Å². The number of halogens is 1. The lowest BCUT2D eigenvalue weighted by molar-refractivity contribution is 0.0687. The van der Waals surface area contributed by atoms with Crippen molar-refractivity contribution in [3.63, 3.8) is 0 Å². The number of hydrogen-bond donors (Lipinski definition) is 1. The van der Waals surface area contributed by atoms with Crippen LogP contribution in [0.3, 0.4) is 0 Å². The smallest absolute Gasteiger partial charge is 0.339 e. The van der Waals surface area contributed by atoms with Crippen molar-refractivity contribution in [2.75, 3.05) is 6.54 Å². The number of carboxylic acid groups (broad SMARTS) is 1. The van der Waals surface area contributed by atoms with E-state index in [0.717, 1.165) is 11.1 Å². The van der Waals surface area contributed by atoms with Gasteiger partial charge in [-0.1, -0.05) is 13.0 Å². The van der Waals surface area contributed by atoms with E-state index in [1.807, 2.05) is 0 Å². The summed E-state index contributed by atoms with van der Waals surface area (Å²) in [4.78, 5) is 25.3. The molecule has 5 nitrogen and oxygen atoms in total. The van der Waals surface area contributed by atoms with Crippen molar-refractivity contribution >= 4 is 11.9 Å². The average Bonchev–Trinajstić information content (AvgIpc) is 2.98. The van der Waals surface area contributed by atoms with E-state index in [1.165, 1.54) is 18.2 Å². The molecule has 0 bridgehead atoms. The Bertz CT molecular complexity index is 781. The third-order valence-corrected chi connectivity index (χ3v) is 4.04. The molecular formula is C17H16FNO4. The van der Waals surface area contributed by atoms with Crippen LogP contribution in [0.4, 0.5) is 4.39 Å². The molecule has 1 aliphatic heterocycles. The van der Waals surface area contributed by atoms with Gasteiger partial charge in [-0.2, -0.15) is 0 Å². The second kappa shape index (κ2) is 5.87. The maximum absolute atomic E-state index is 13.3. The number of hydrogen-bond acceptors (Lipinski definition) is 3. The predicted octanol–water partition coefficient (Wildman–Crippen LogP) is 2.88. The quantitative estimate of drug-likeness (QED) is 0.945. The van der Waals surface area contributed by atoms with Crippen LogP contribution < -0.4 is 0 Å². The number of aryl methyl sites for hydroxylation is 1. The van der Waals surface area contributed by atoms with Crippen molar-refractivity contribution in [3.8, 4) is 0 Å². The zero-order chi connectivity index (χ0) is 16.6. The molecule has 2 heterocycles. The van der Waals surface area contributed by atoms with Crippen molar-refractivity contribution in [2.45, 2.75) is 26.3 Å². The molecule has 2 aromatic rings. The van der Waals surface area contributed by atoms with Gasteiger partial charge in [0.15, 0.2) is 5.76 Å². The second-order valence-corrected chi connectivity index (χ2v) is 5.50. The highest BCUT2D eigenvalue weighted by atomic mass is 19.1. The van der Waals surface area contributed by atoms with Gasteiger partial charge in [-0.15, -0.1) is 0 Å². The Morgan fingerprint density at radius 2 is 2.09 bits per heavy atom. The first-order valence-corrected chi connectivity index (χ1v) is 7.42. The molecule has 0 fully saturated rings. The summed E-state index contributed by atoms with van der Waals surface area (Å²) >= 11 is 0. The normalized spacial score (nSPS) is 13.7. The minimum atomic E-state index is -1.12. The number of amides is 1. The van der Waals surface area contributed by atoms with Gasteiger partial charge in [0.25, 0.3) is 5.91 Å². The van der Waals surface area contributed by atoms with Crippen LogP contribution in [-0.4, -0.2) is 28.4 Å². The summed E-state index contributed by atoms with van der Waals surface area (Å²) in [5.74, 6) is -1.53. The van der Waals surface area contributed by atoms with E-state index >= 15 is 0 Å². The van der Waals surface area contributed by atoms with Gasteiger partial charge in [0, 0.05) is 25.6 Å². The number of aromatic carboxylic acids is 1. The van der Waals surface area contributed by atoms with Gasteiger partial charge >= 0.3 is 5.97 Å². The van der Waals surface area contributed by atoms with Gasteiger partial charge in [-0.25, -0.2) is 9.18 Å². The number of carbonyl (C=O) groups excluding carboxylic acids is 1. The van der Waals surface area contributed by atoms with Crippen LogP contribution in [0.25, 0.3) is 0 Å². The van der Waals surface area contributed by atoms with Gasteiger partial charge in [0.1, 0.15) is 17.1 Å². The summed E-state index contributed by atoms with van der Waals surface area (Å²) in [5, 5.41) is 9.14. The highest BCUT2D eigenvalue weighted by Crippen LogP contribution is 2.23. The van der Waals surface area contributed by atoms with Crippen LogP contribution in [0.2, 0.25) is 0 Å². The molecule has 0 aliphatic carbocycles. The number of carbonyl (C=O) groups is 2. The van der Waals surface area contributed by atoms with Crippen molar-refractivity contribution in [3.05, 3.63) is 58.3 Å². The van der Waals surface area contributed by atoms with Crippen LogP contribution in [0.5, 0.6) is 0 Å². The lowest BCUT2D eigenvalue weighted by Gasteiger charge is -2.28. The average molecular weight is 317 g/mol. The summed E-state index contributed by atoms with van der Waals surface area (Å²) < 4.78 is 18.8. The SMILES string of the molecule is CCc1oc(C(=O)N2CCc3ccc(F)cc3C2)cc1C(=O)O. The van der Waals surface area contributed by atoms with Crippen molar-refractivity contribution in [1.29, 1.82) is 0 Å². The summed E-state index contributed by atoms with van der Waals surface area (Å²) in [6.07, 6.45) is 1.03. The first-order chi connectivity index (χ1) is 11.0. The van der Waals surface area contributed by atoms with Crippen LogP contribution in [0.1, 0.15) is 44.7 Å². The molecular weight excluding hydrogens is 301 g/mol. The molecule has 0 spiro atoms. The number of furan rings is 1. The van der Waals surface area contributed by atoms with Crippen LogP contribution in [0.15, 0.2) is 28.7 Å². The third-order valence-electron chi connectivity index (χ3n) is 4.04. The Kier molecular flexibility index (Phi) is 3.90. The van der Waals surface area contributed by atoms with E-state index in [-0.39, 0.29) is 35.4 Å². The lowest BCUT2D eigenvalue weighted by Crippen LogP contribution is -2.35. The van der Waals surface area contributed by atoms with Gasteiger partial charge in [-0.05, 0) is 29.7 Å². The summed E-state index contributed by atoms with van der Waals surface area (Å²) in [6.45, 7) is 2.54. The van der Waals surface area contributed by atoms with Crippen molar-refractivity contribution in [2.24, 2.45) is 0 Å². The fourth-order valence-electron chi connectivity index (χ4n) is 2.83. The summed E-state index contributed by atoms with van der Waals surface area (Å²) in [5.41, 5.74) is 1.81. The van der Waals surface area contributed by atoms with E-state index < -0.39 is 5.97 Å². The van der Waals surface area contributed by atoms with E-state index in [4.69, 9.17) is 9.52 Å². The summed E-state index contributed by atoms with van der Waals surface area (Å²) in [7, 11) is 0. The van der Waals surface area contributed by atoms with Gasteiger partial charge in [0.05, 0.1) is 0 Å². The molecule has 0 atom stereocenters. The monoisotopic (exact) mass is 317 g/mol. The molecule has 0 saturated heterocycles. The standard InChI is InChI=1S/C17H16FNO4/c1-2-14-13(17(21)22)8-15(23-14)16(20)19-6-5-10-3-4-12(18)7-11(10)9-19/h3-4,7-8H,2,5-6,9H2,1H3,(H,21,22). The minimum Gasteiger partial charge on any atom is -0.478 e. The largest absolute Gasteiger partial charge is 0.478 e. The third kappa shape index (κ3) is 2.84. The maximum atomic E-state index is 13.3. The molecule has 1 aromatic heterocycles. The van der Waals surface area contributed by atoms with Gasteiger partial charge in [-0.3, -0.25) is 4.79 Å². The molecule has 0 saturated carbocycles. The van der Waals surface area contributed by atoms with Crippen LogP contribution in [-0.2, 0) is 19.4 Å². The molecule has 1 amide bonds. The molecule has 0 radical (unpaired) electrons. The fraction of sp³-hybridized carbons (Fsp3) is 0.294. The van der Waals surface area contributed by atoms with Crippen LogP contribution >= 0.6 is 0 Å². The van der Waals surface area contributed by atoms with E-state index in [0.29, 0.717) is 19.4 Å². The van der Waals surface area contributed by atoms with Gasteiger partial charge in [0.2, 0.25) is 0 Å². The lowest BCUT2D eigenvalue weighted by atomic mass is 9.99. The Morgan fingerprint density at radius 1 is 1.30 bits per heavy atom. The van der Waals surface area contributed by atoms with E-state index in [9.17, 15) is 14.0 Å².